The summed E-state index contributed by atoms with van der Waals surface area (Å²) < 4.78 is 2.05. The molecule has 0 atom stereocenters. The lowest BCUT2D eigenvalue weighted by molar-refractivity contribution is 0.737. The summed E-state index contributed by atoms with van der Waals surface area (Å²) in [5.41, 5.74) is 7.58. The van der Waals surface area contributed by atoms with E-state index in [1.165, 1.54) is 0 Å². The Kier molecular flexibility index (Phi) is 2.41. The zero-order valence-corrected chi connectivity index (χ0v) is 8.94. The molecular weight excluding hydrogens is 188 g/mol. The molecule has 0 amide bonds. The second kappa shape index (κ2) is 3.73. The molecule has 2 aromatic rings. The normalized spacial score (nSPS) is 10.5. The van der Waals surface area contributed by atoms with E-state index >= 15 is 0 Å². The fraction of sp³-hybridized carbons (Fsp3) is 0.273. The van der Waals surface area contributed by atoms with Crippen LogP contribution in [0, 0.1) is 6.92 Å². The van der Waals surface area contributed by atoms with Gasteiger partial charge in [0.25, 0.3) is 0 Å². The number of rotatable bonds is 2. The summed E-state index contributed by atoms with van der Waals surface area (Å²) in [4.78, 5) is 0. The number of aromatic nitrogens is 3. The van der Waals surface area contributed by atoms with Crippen LogP contribution in [0.2, 0.25) is 0 Å². The molecule has 0 aliphatic heterocycles. The Morgan fingerprint density at radius 1 is 1.27 bits per heavy atom. The van der Waals surface area contributed by atoms with E-state index < -0.39 is 0 Å². The van der Waals surface area contributed by atoms with Crippen LogP contribution >= 0.6 is 0 Å². The number of nitrogen functional groups attached to an aromatic ring is 1. The van der Waals surface area contributed by atoms with Crippen molar-refractivity contribution in [3.05, 3.63) is 30.1 Å². The molecule has 0 bridgehead atoms. The summed E-state index contributed by atoms with van der Waals surface area (Å²) in [5.74, 6) is 1.75. The van der Waals surface area contributed by atoms with Crippen molar-refractivity contribution in [1.29, 1.82) is 0 Å². The first-order valence-electron chi connectivity index (χ1n) is 4.98. The van der Waals surface area contributed by atoms with E-state index in [2.05, 4.69) is 17.1 Å². The molecule has 0 aliphatic carbocycles. The summed E-state index contributed by atoms with van der Waals surface area (Å²) in [6, 6.07) is 7.71. The standard InChI is InChI=1S/C11H14N4/c1-3-15-8(2)13-14-11(15)9-6-4-5-7-10(9)12/h4-7H,3,12H2,1-2H3. The Hall–Kier alpha value is -1.84. The summed E-state index contributed by atoms with van der Waals surface area (Å²) in [5, 5.41) is 8.21. The predicted octanol–water partition coefficient (Wildman–Crippen LogP) is 1.86. The first-order chi connectivity index (χ1) is 7.24. The average molecular weight is 202 g/mol. The molecule has 2 N–H and O–H groups in total. The van der Waals surface area contributed by atoms with E-state index in [9.17, 15) is 0 Å². The maximum atomic E-state index is 5.90. The molecule has 4 nitrogen and oxygen atoms in total. The monoisotopic (exact) mass is 202 g/mol. The third-order valence-electron chi connectivity index (χ3n) is 2.45. The molecular formula is C11H14N4. The van der Waals surface area contributed by atoms with Crippen molar-refractivity contribution in [2.45, 2.75) is 20.4 Å². The van der Waals surface area contributed by atoms with Gasteiger partial charge in [0.15, 0.2) is 5.82 Å². The van der Waals surface area contributed by atoms with Gasteiger partial charge in [0, 0.05) is 17.8 Å². The molecule has 0 radical (unpaired) electrons. The molecule has 1 heterocycles. The van der Waals surface area contributed by atoms with Crippen molar-refractivity contribution in [3.63, 3.8) is 0 Å². The molecule has 4 heteroatoms. The van der Waals surface area contributed by atoms with Gasteiger partial charge in [-0.25, -0.2) is 0 Å². The minimum atomic E-state index is 0.736. The van der Waals surface area contributed by atoms with E-state index in [0.29, 0.717) is 0 Å². The Bertz CT molecular complexity index is 473. The van der Waals surface area contributed by atoms with Crippen LogP contribution in [-0.2, 0) is 6.54 Å². The Morgan fingerprint density at radius 3 is 2.67 bits per heavy atom. The van der Waals surface area contributed by atoms with Crippen LogP contribution in [0.15, 0.2) is 24.3 Å². The number of anilines is 1. The third kappa shape index (κ3) is 1.58. The molecule has 0 saturated carbocycles. The first kappa shape index (κ1) is 9.71. The van der Waals surface area contributed by atoms with Gasteiger partial charge in [0.1, 0.15) is 5.82 Å². The van der Waals surface area contributed by atoms with E-state index in [4.69, 9.17) is 5.73 Å². The Labute approximate surface area is 88.8 Å². The molecule has 0 fully saturated rings. The molecule has 1 aromatic heterocycles. The lowest BCUT2D eigenvalue weighted by Crippen LogP contribution is -2.01. The molecule has 1 aromatic carbocycles. The molecule has 78 valence electrons. The van der Waals surface area contributed by atoms with Gasteiger partial charge in [0.2, 0.25) is 0 Å². The van der Waals surface area contributed by atoms with Crippen LogP contribution in [0.1, 0.15) is 12.7 Å². The highest BCUT2D eigenvalue weighted by Gasteiger charge is 2.11. The van der Waals surface area contributed by atoms with Crippen LogP contribution in [0.5, 0.6) is 0 Å². The maximum Gasteiger partial charge on any atom is 0.166 e. The van der Waals surface area contributed by atoms with Crippen molar-refractivity contribution in [3.8, 4) is 11.4 Å². The van der Waals surface area contributed by atoms with Gasteiger partial charge >= 0.3 is 0 Å². The molecule has 0 aliphatic rings. The zero-order chi connectivity index (χ0) is 10.8. The fourth-order valence-corrected chi connectivity index (χ4v) is 1.66. The quantitative estimate of drug-likeness (QED) is 0.756. The minimum Gasteiger partial charge on any atom is -0.398 e. The number of para-hydroxylation sites is 1. The molecule has 2 rings (SSSR count). The third-order valence-corrected chi connectivity index (χ3v) is 2.45. The van der Waals surface area contributed by atoms with Gasteiger partial charge in [-0.15, -0.1) is 10.2 Å². The number of benzene rings is 1. The van der Waals surface area contributed by atoms with Crippen molar-refractivity contribution in [2.24, 2.45) is 0 Å². The van der Waals surface area contributed by atoms with Crippen molar-refractivity contribution in [2.75, 3.05) is 5.73 Å². The highest BCUT2D eigenvalue weighted by Crippen LogP contribution is 2.23. The van der Waals surface area contributed by atoms with E-state index in [1.54, 1.807) is 0 Å². The maximum absolute atomic E-state index is 5.90. The number of hydrogen-bond donors (Lipinski definition) is 1. The number of nitrogens with zero attached hydrogens (tertiary/aromatic N) is 3. The van der Waals surface area contributed by atoms with Crippen LogP contribution < -0.4 is 5.73 Å². The smallest absolute Gasteiger partial charge is 0.166 e. The second-order valence-corrected chi connectivity index (χ2v) is 3.40. The zero-order valence-electron chi connectivity index (χ0n) is 8.94. The first-order valence-corrected chi connectivity index (χ1v) is 4.98. The number of hydrogen-bond acceptors (Lipinski definition) is 3. The highest BCUT2D eigenvalue weighted by molar-refractivity contribution is 5.71. The van der Waals surface area contributed by atoms with Crippen LogP contribution in [-0.4, -0.2) is 14.8 Å². The van der Waals surface area contributed by atoms with E-state index in [1.807, 2.05) is 35.8 Å². The molecule has 0 saturated heterocycles. The van der Waals surface area contributed by atoms with Crippen LogP contribution in [0.4, 0.5) is 5.69 Å². The van der Waals surface area contributed by atoms with Gasteiger partial charge in [-0.3, -0.25) is 0 Å². The van der Waals surface area contributed by atoms with Crippen LogP contribution in [0.25, 0.3) is 11.4 Å². The van der Waals surface area contributed by atoms with Gasteiger partial charge in [-0.2, -0.15) is 0 Å². The van der Waals surface area contributed by atoms with Crippen LogP contribution in [0.3, 0.4) is 0 Å². The van der Waals surface area contributed by atoms with Gasteiger partial charge in [-0.05, 0) is 26.0 Å². The van der Waals surface area contributed by atoms with Crippen molar-refractivity contribution >= 4 is 5.69 Å². The lowest BCUT2D eigenvalue weighted by Gasteiger charge is -2.07. The summed E-state index contributed by atoms with van der Waals surface area (Å²) >= 11 is 0. The Morgan fingerprint density at radius 2 is 2.00 bits per heavy atom. The minimum absolute atomic E-state index is 0.736. The van der Waals surface area contributed by atoms with Gasteiger partial charge < -0.3 is 10.3 Å². The fourth-order valence-electron chi connectivity index (χ4n) is 1.66. The molecule has 0 unspecified atom stereocenters. The van der Waals surface area contributed by atoms with Crippen molar-refractivity contribution < 1.29 is 0 Å². The van der Waals surface area contributed by atoms with E-state index in [0.717, 1.165) is 29.4 Å². The lowest BCUT2D eigenvalue weighted by atomic mass is 10.1. The largest absolute Gasteiger partial charge is 0.398 e. The number of nitrogens with two attached hydrogens (primary N) is 1. The Balaban J connectivity index is 2.59. The van der Waals surface area contributed by atoms with E-state index in [-0.39, 0.29) is 0 Å². The average Bonchev–Trinajstić information content (AvgIpc) is 2.60. The molecule has 15 heavy (non-hydrogen) atoms. The number of aryl methyl sites for hydroxylation is 1. The van der Waals surface area contributed by atoms with Gasteiger partial charge in [-0.1, -0.05) is 12.1 Å². The summed E-state index contributed by atoms with van der Waals surface area (Å²) in [6.07, 6.45) is 0. The van der Waals surface area contributed by atoms with Crippen molar-refractivity contribution in [1.82, 2.24) is 14.8 Å². The topological polar surface area (TPSA) is 56.7 Å². The van der Waals surface area contributed by atoms with Gasteiger partial charge in [0.05, 0.1) is 0 Å². The molecule has 0 spiro atoms. The summed E-state index contributed by atoms with van der Waals surface area (Å²) in [6.45, 7) is 4.86. The second-order valence-electron chi connectivity index (χ2n) is 3.40. The highest BCUT2D eigenvalue weighted by atomic mass is 15.3. The SMILES string of the molecule is CCn1c(C)nnc1-c1ccccc1N. The summed E-state index contributed by atoms with van der Waals surface area (Å²) in [7, 11) is 0. The predicted molar refractivity (Wildman–Crippen MR) is 60.3 cm³/mol.